The highest BCUT2D eigenvalue weighted by Crippen LogP contribution is 2.30. The van der Waals surface area contributed by atoms with Crippen LogP contribution in [0.3, 0.4) is 0 Å². The molecular formula is C12H8O5. The number of phenolic OH excluding ortho intramolecular Hbond substituents is 1. The number of Topliss-reactive ketones (excluding diaryl/α,β-unsaturated/α-hetero) is 1. The summed E-state index contributed by atoms with van der Waals surface area (Å²) in [5.41, 5.74) is -0.200. The lowest BCUT2D eigenvalue weighted by atomic mass is 9.88. The van der Waals surface area contributed by atoms with Crippen LogP contribution in [-0.2, 0) is 0 Å². The first kappa shape index (κ1) is 11.1. The maximum atomic E-state index is 11.7. The van der Waals surface area contributed by atoms with Crippen LogP contribution in [0.1, 0.15) is 38.0 Å². The van der Waals surface area contributed by atoms with Gasteiger partial charge in [-0.05, 0) is 25.1 Å². The Labute approximate surface area is 96.0 Å². The van der Waals surface area contributed by atoms with Crippen LogP contribution in [0.4, 0.5) is 0 Å². The topological polar surface area (TPSA) is 91.7 Å². The van der Waals surface area contributed by atoms with E-state index in [-0.39, 0.29) is 22.3 Å². The first-order chi connectivity index (χ1) is 7.91. The van der Waals surface area contributed by atoms with Crippen molar-refractivity contribution in [2.24, 2.45) is 0 Å². The molecule has 0 aliphatic heterocycles. The zero-order chi connectivity index (χ0) is 12.7. The number of aromatic carboxylic acids is 1. The molecule has 0 heterocycles. The number of allylic oxidation sites excluding steroid dienone is 2. The number of aromatic hydroxyl groups is 1. The number of hydrogen-bond acceptors (Lipinski definition) is 4. The molecule has 0 aromatic heterocycles. The van der Waals surface area contributed by atoms with Crippen LogP contribution in [0.5, 0.6) is 5.75 Å². The van der Waals surface area contributed by atoms with E-state index in [1.807, 2.05) is 0 Å². The third-order valence-corrected chi connectivity index (χ3v) is 2.56. The van der Waals surface area contributed by atoms with E-state index in [9.17, 15) is 19.5 Å². The Morgan fingerprint density at radius 2 is 1.88 bits per heavy atom. The van der Waals surface area contributed by atoms with E-state index in [1.54, 1.807) is 0 Å². The van der Waals surface area contributed by atoms with E-state index in [0.717, 1.165) is 18.2 Å². The minimum absolute atomic E-state index is 0.0713. The van der Waals surface area contributed by atoms with Gasteiger partial charge in [0.2, 0.25) is 0 Å². The van der Waals surface area contributed by atoms with Crippen LogP contribution in [0.15, 0.2) is 23.8 Å². The molecule has 1 aromatic carbocycles. The lowest BCUT2D eigenvalue weighted by molar-refractivity contribution is 0.0696. The molecule has 5 heteroatoms. The molecule has 1 aromatic rings. The van der Waals surface area contributed by atoms with Crippen molar-refractivity contribution in [2.45, 2.75) is 6.92 Å². The summed E-state index contributed by atoms with van der Waals surface area (Å²) in [7, 11) is 0. The van der Waals surface area contributed by atoms with Crippen molar-refractivity contribution < 1.29 is 24.6 Å². The number of phenols is 1. The summed E-state index contributed by atoms with van der Waals surface area (Å²) < 4.78 is 0. The molecule has 1 aliphatic rings. The van der Waals surface area contributed by atoms with E-state index in [0.29, 0.717) is 0 Å². The molecule has 0 radical (unpaired) electrons. The molecule has 0 spiro atoms. The fraction of sp³-hybridized carbons (Fsp3) is 0.0833. The molecule has 2 N–H and O–H groups in total. The molecule has 1 aliphatic carbocycles. The average molecular weight is 232 g/mol. The van der Waals surface area contributed by atoms with Gasteiger partial charge >= 0.3 is 5.97 Å². The van der Waals surface area contributed by atoms with E-state index < -0.39 is 23.3 Å². The maximum Gasteiger partial charge on any atom is 0.335 e. The second-order valence-corrected chi connectivity index (χ2v) is 3.74. The van der Waals surface area contributed by atoms with Gasteiger partial charge < -0.3 is 10.2 Å². The van der Waals surface area contributed by atoms with E-state index >= 15 is 0 Å². The molecule has 0 amide bonds. The molecule has 2 rings (SSSR count). The first-order valence-electron chi connectivity index (χ1n) is 4.79. The van der Waals surface area contributed by atoms with Gasteiger partial charge in [0.05, 0.1) is 11.1 Å². The van der Waals surface area contributed by atoms with Crippen molar-refractivity contribution in [2.75, 3.05) is 0 Å². The Bertz CT molecular complexity index is 595. The Balaban J connectivity index is 2.75. The second-order valence-electron chi connectivity index (χ2n) is 3.74. The number of benzene rings is 1. The lowest BCUT2D eigenvalue weighted by Crippen LogP contribution is -2.17. The van der Waals surface area contributed by atoms with Crippen molar-refractivity contribution in [1.29, 1.82) is 0 Å². The van der Waals surface area contributed by atoms with Gasteiger partial charge in [-0.15, -0.1) is 0 Å². The smallest absolute Gasteiger partial charge is 0.335 e. The van der Waals surface area contributed by atoms with Gasteiger partial charge in [-0.2, -0.15) is 0 Å². The highest BCUT2D eigenvalue weighted by molar-refractivity contribution is 6.25. The Hall–Kier alpha value is -2.43. The van der Waals surface area contributed by atoms with Crippen molar-refractivity contribution in [1.82, 2.24) is 0 Å². The van der Waals surface area contributed by atoms with Gasteiger partial charge in [0.25, 0.3) is 0 Å². The monoisotopic (exact) mass is 232 g/mol. The molecule has 5 nitrogen and oxygen atoms in total. The van der Waals surface area contributed by atoms with Crippen LogP contribution >= 0.6 is 0 Å². The third-order valence-electron chi connectivity index (χ3n) is 2.56. The van der Waals surface area contributed by atoms with Gasteiger partial charge in [-0.25, -0.2) is 4.79 Å². The largest absolute Gasteiger partial charge is 0.507 e. The van der Waals surface area contributed by atoms with E-state index in [4.69, 9.17) is 5.11 Å². The Kier molecular flexibility index (Phi) is 2.31. The number of carboxylic acids is 1. The van der Waals surface area contributed by atoms with E-state index in [1.165, 1.54) is 6.92 Å². The van der Waals surface area contributed by atoms with Crippen LogP contribution in [0, 0.1) is 0 Å². The van der Waals surface area contributed by atoms with Crippen LogP contribution in [-0.4, -0.2) is 27.7 Å². The Morgan fingerprint density at radius 3 is 2.47 bits per heavy atom. The number of ketones is 2. The number of fused-ring (bicyclic) bond motifs is 1. The quantitative estimate of drug-likeness (QED) is 0.763. The molecular weight excluding hydrogens is 224 g/mol. The molecule has 0 saturated carbocycles. The summed E-state index contributed by atoms with van der Waals surface area (Å²) in [6.07, 6.45) is 1.13. The molecule has 86 valence electrons. The fourth-order valence-electron chi connectivity index (χ4n) is 1.72. The van der Waals surface area contributed by atoms with Crippen molar-refractivity contribution in [3.63, 3.8) is 0 Å². The molecule has 0 saturated heterocycles. The number of carbonyl (C=O) groups excluding carboxylic acids is 2. The van der Waals surface area contributed by atoms with Gasteiger partial charge in [-0.3, -0.25) is 9.59 Å². The average Bonchev–Trinajstić information content (AvgIpc) is 2.25. The number of hydrogen-bond donors (Lipinski definition) is 2. The summed E-state index contributed by atoms with van der Waals surface area (Å²) in [6.45, 7) is 1.47. The van der Waals surface area contributed by atoms with Gasteiger partial charge in [0.15, 0.2) is 11.6 Å². The minimum Gasteiger partial charge on any atom is -0.507 e. The number of carbonyl (C=O) groups is 3. The van der Waals surface area contributed by atoms with Gasteiger partial charge in [-0.1, -0.05) is 0 Å². The van der Waals surface area contributed by atoms with Crippen molar-refractivity contribution >= 4 is 17.5 Å². The highest BCUT2D eigenvalue weighted by Gasteiger charge is 2.27. The SMILES string of the molecule is CC1=CC(=O)c2cc(C(=O)O)cc(O)c2C1=O. The second kappa shape index (κ2) is 3.55. The third kappa shape index (κ3) is 1.61. The summed E-state index contributed by atoms with van der Waals surface area (Å²) in [6, 6.07) is 2.06. The molecule has 0 bridgehead atoms. The van der Waals surface area contributed by atoms with Crippen molar-refractivity contribution in [3.8, 4) is 5.75 Å². The lowest BCUT2D eigenvalue weighted by Gasteiger charge is -2.14. The normalized spacial score (nSPS) is 14.3. The summed E-state index contributed by atoms with van der Waals surface area (Å²) in [4.78, 5) is 34.1. The molecule has 0 atom stereocenters. The van der Waals surface area contributed by atoms with Crippen molar-refractivity contribution in [3.05, 3.63) is 40.5 Å². The zero-order valence-electron chi connectivity index (χ0n) is 8.85. The molecule has 0 unspecified atom stereocenters. The van der Waals surface area contributed by atoms with Crippen LogP contribution in [0.25, 0.3) is 0 Å². The van der Waals surface area contributed by atoms with E-state index in [2.05, 4.69) is 0 Å². The summed E-state index contributed by atoms with van der Waals surface area (Å²) in [5.74, 6) is -2.69. The summed E-state index contributed by atoms with van der Waals surface area (Å²) >= 11 is 0. The predicted molar refractivity (Wildman–Crippen MR) is 57.5 cm³/mol. The number of carboxylic acid groups (broad SMARTS) is 1. The van der Waals surface area contributed by atoms with Crippen LogP contribution < -0.4 is 0 Å². The zero-order valence-corrected chi connectivity index (χ0v) is 8.85. The van der Waals surface area contributed by atoms with Gasteiger partial charge in [0, 0.05) is 11.1 Å². The van der Waals surface area contributed by atoms with Gasteiger partial charge in [0.1, 0.15) is 5.75 Å². The maximum absolute atomic E-state index is 11.7. The Morgan fingerprint density at radius 1 is 1.24 bits per heavy atom. The molecule has 17 heavy (non-hydrogen) atoms. The minimum atomic E-state index is -1.27. The summed E-state index contributed by atoms with van der Waals surface area (Å²) in [5, 5.41) is 18.4. The predicted octanol–water partition coefficient (Wildman–Crippen LogP) is 1.42. The number of rotatable bonds is 1. The van der Waals surface area contributed by atoms with Crippen LogP contribution in [0.2, 0.25) is 0 Å². The molecule has 0 fully saturated rings. The standard InChI is InChI=1S/C12H8O5/c1-5-2-8(13)7-3-6(12(16)17)4-9(14)10(7)11(5)15/h2-4,14H,1H3,(H,16,17). The highest BCUT2D eigenvalue weighted by atomic mass is 16.4. The first-order valence-corrected chi connectivity index (χ1v) is 4.79. The fourth-order valence-corrected chi connectivity index (χ4v) is 1.72.